The molecule has 6 heteroatoms. The van der Waals surface area contributed by atoms with Crippen LogP contribution in [0, 0.1) is 17.6 Å². The van der Waals surface area contributed by atoms with Crippen molar-refractivity contribution in [3.05, 3.63) is 95.6 Å². The van der Waals surface area contributed by atoms with Gasteiger partial charge in [0, 0.05) is 5.69 Å². The fourth-order valence-electron chi connectivity index (χ4n) is 4.39. The van der Waals surface area contributed by atoms with Crippen LogP contribution < -0.4 is 9.64 Å². The van der Waals surface area contributed by atoms with Crippen molar-refractivity contribution in [1.29, 1.82) is 0 Å². The Hall–Kier alpha value is -3.25. The zero-order valence-corrected chi connectivity index (χ0v) is 19.2. The molecule has 1 fully saturated rings. The molecular weight excluding hydrogens is 436 g/mol. The van der Waals surface area contributed by atoms with E-state index in [1.165, 1.54) is 24.3 Å². The van der Waals surface area contributed by atoms with E-state index in [1.54, 1.807) is 29.2 Å². The lowest BCUT2D eigenvalue weighted by Crippen LogP contribution is -2.55. The molecule has 178 valence electrons. The summed E-state index contributed by atoms with van der Waals surface area (Å²) in [5.41, 5.74) is 2.21. The third kappa shape index (κ3) is 5.28. The van der Waals surface area contributed by atoms with E-state index in [4.69, 9.17) is 4.74 Å². The number of ether oxygens (including phenoxy) is 1. The number of nitrogens with zero attached hydrogens (tertiary/aromatic N) is 1. The summed E-state index contributed by atoms with van der Waals surface area (Å²) >= 11 is 0. The van der Waals surface area contributed by atoms with Crippen molar-refractivity contribution in [2.24, 2.45) is 5.92 Å². The molecule has 0 aromatic heterocycles. The summed E-state index contributed by atoms with van der Waals surface area (Å²) in [5, 5.41) is 10.6. The maximum Gasteiger partial charge on any atom is 0.233 e. The molecule has 0 unspecified atom stereocenters. The van der Waals surface area contributed by atoms with Crippen LogP contribution in [-0.4, -0.2) is 17.6 Å². The van der Waals surface area contributed by atoms with Gasteiger partial charge in [0.25, 0.3) is 0 Å². The Kier molecular flexibility index (Phi) is 7.58. The number of hydrogen-bond acceptors (Lipinski definition) is 3. The first-order chi connectivity index (χ1) is 16.5. The number of hydrogen-bond donors (Lipinski definition) is 1. The summed E-state index contributed by atoms with van der Waals surface area (Å²) in [6.45, 7) is 2.76. The molecule has 3 aromatic carbocycles. The highest BCUT2D eigenvalue weighted by Crippen LogP contribution is 2.46. The van der Waals surface area contributed by atoms with Crippen LogP contribution in [0.2, 0.25) is 0 Å². The Morgan fingerprint density at radius 2 is 1.56 bits per heavy atom. The smallest absolute Gasteiger partial charge is 0.233 e. The summed E-state index contributed by atoms with van der Waals surface area (Å²) in [6, 6.07) is 19.1. The first-order valence-corrected chi connectivity index (χ1v) is 11.7. The second-order valence-corrected chi connectivity index (χ2v) is 8.65. The molecule has 1 heterocycles. The quantitative estimate of drug-likeness (QED) is 0.280. The van der Waals surface area contributed by atoms with Gasteiger partial charge in [-0.1, -0.05) is 37.6 Å². The van der Waals surface area contributed by atoms with E-state index in [1.807, 2.05) is 24.3 Å². The average molecular weight is 466 g/mol. The monoisotopic (exact) mass is 465 g/mol. The van der Waals surface area contributed by atoms with Gasteiger partial charge in [-0.3, -0.25) is 4.79 Å². The number of amides is 1. The number of aliphatic hydroxyl groups excluding tert-OH is 1. The van der Waals surface area contributed by atoms with Crippen molar-refractivity contribution >= 4 is 11.6 Å². The minimum atomic E-state index is -0.789. The van der Waals surface area contributed by atoms with Crippen molar-refractivity contribution in [3.63, 3.8) is 0 Å². The molecule has 3 aromatic rings. The molecule has 1 aliphatic rings. The van der Waals surface area contributed by atoms with Gasteiger partial charge in [0.1, 0.15) is 17.4 Å². The molecule has 1 amide bonds. The fourth-order valence-corrected chi connectivity index (χ4v) is 4.39. The molecule has 1 N–H and O–H groups in total. The number of anilines is 1. The van der Waals surface area contributed by atoms with E-state index in [-0.39, 0.29) is 29.5 Å². The van der Waals surface area contributed by atoms with E-state index in [0.717, 1.165) is 24.2 Å². The van der Waals surface area contributed by atoms with Gasteiger partial charge in [-0.25, -0.2) is 8.78 Å². The minimum Gasteiger partial charge on any atom is -0.494 e. The Morgan fingerprint density at radius 3 is 2.18 bits per heavy atom. The van der Waals surface area contributed by atoms with Crippen molar-refractivity contribution in [2.75, 3.05) is 11.5 Å². The third-order valence-corrected chi connectivity index (χ3v) is 6.31. The van der Waals surface area contributed by atoms with Crippen LogP contribution in [-0.2, 0) is 4.79 Å². The van der Waals surface area contributed by atoms with Crippen molar-refractivity contribution in [2.45, 2.75) is 44.8 Å². The number of rotatable bonds is 10. The number of aliphatic hydroxyl groups is 1. The molecule has 1 aliphatic heterocycles. The SMILES string of the molecule is CCCCOc1ccc([C@@H]2[C@@H](CC[C@@H](O)c3ccc(F)cc3)C(=O)N2c2ccc(F)cc2)cc1. The lowest BCUT2D eigenvalue weighted by Gasteiger charge is -2.48. The number of unbranched alkanes of at least 4 members (excludes halogenated alkanes) is 1. The predicted octanol–water partition coefficient (Wildman–Crippen LogP) is 6.36. The Morgan fingerprint density at radius 1 is 0.941 bits per heavy atom. The lowest BCUT2D eigenvalue weighted by molar-refractivity contribution is -0.131. The number of carbonyl (C=O) groups is 1. The van der Waals surface area contributed by atoms with Gasteiger partial charge in [0.15, 0.2) is 0 Å². The number of β-lactam (4-membered cyclic amide) rings is 1. The summed E-state index contributed by atoms with van der Waals surface area (Å²) in [5.74, 6) is -0.333. The largest absolute Gasteiger partial charge is 0.494 e. The van der Waals surface area contributed by atoms with E-state index < -0.39 is 6.10 Å². The molecule has 0 saturated carbocycles. The Balaban J connectivity index is 1.52. The van der Waals surface area contributed by atoms with E-state index in [9.17, 15) is 18.7 Å². The number of carbonyl (C=O) groups excluding carboxylic acids is 1. The molecule has 0 aliphatic carbocycles. The van der Waals surface area contributed by atoms with Crippen molar-refractivity contribution < 1.29 is 23.4 Å². The second kappa shape index (κ2) is 10.8. The van der Waals surface area contributed by atoms with Crippen LogP contribution in [0.25, 0.3) is 0 Å². The molecule has 34 heavy (non-hydrogen) atoms. The van der Waals surface area contributed by atoms with Crippen LogP contribution in [0.1, 0.15) is 55.9 Å². The average Bonchev–Trinajstić information content (AvgIpc) is 2.85. The summed E-state index contributed by atoms with van der Waals surface area (Å²) in [6.07, 6.45) is 2.08. The first-order valence-electron chi connectivity index (χ1n) is 11.7. The van der Waals surface area contributed by atoms with E-state index in [2.05, 4.69) is 6.92 Å². The van der Waals surface area contributed by atoms with Crippen LogP contribution in [0.5, 0.6) is 5.75 Å². The maximum absolute atomic E-state index is 13.5. The second-order valence-electron chi connectivity index (χ2n) is 8.65. The highest BCUT2D eigenvalue weighted by atomic mass is 19.1. The topological polar surface area (TPSA) is 49.8 Å². The Bertz CT molecular complexity index is 1080. The van der Waals surface area contributed by atoms with Gasteiger partial charge in [-0.2, -0.15) is 0 Å². The van der Waals surface area contributed by atoms with Gasteiger partial charge in [0.2, 0.25) is 5.91 Å². The fraction of sp³-hybridized carbons (Fsp3) is 0.321. The number of halogens is 2. The van der Waals surface area contributed by atoms with Gasteiger partial charge in [-0.05, 0) is 78.9 Å². The van der Waals surface area contributed by atoms with Crippen molar-refractivity contribution in [3.8, 4) is 5.75 Å². The molecule has 4 nitrogen and oxygen atoms in total. The highest BCUT2D eigenvalue weighted by Gasteiger charge is 2.48. The Labute approximate surface area is 198 Å². The summed E-state index contributed by atoms with van der Waals surface area (Å²) < 4.78 is 32.4. The van der Waals surface area contributed by atoms with Crippen LogP contribution in [0.3, 0.4) is 0 Å². The zero-order valence-electron chi connectivity index (χ0n) is 19.2. The van der Waals surface area contributed by atoms with Gasteiger partial charge in [-0.15, -0.1) is 0 Å². The van der Waals surface area contributed by atoms with Crippen LogP contribution in [0.15, 0.2) is 72.8 Å². The molecule has 0 radical (unpaired) electrons. The lowest BCUT2D eigenvalue weighted by atomic mass is 9.78. The molecular formula is C28H29F2NO3. The normalized spacial score (nSPS) is 18.5. The maximum atomic E-state index is 13.5. The number of benzene rings is 3. The zero-order chi connectivity index (χ0) is 24.1. The molecule has 0 bridgehead atoms. The van der Waals surface area contributed by atoms with Gasteiger partial charge in [0.05, 0.1) is 24.7 Å². The first kappa shape index (κ1) is 23.9. The molecule has 0 spiro atoms. The van der Waals surface area contributed by atoms with Crippen LogP contribution in [0.4, 0.5) is 14.5 Å². The highest BCUT2D eigenvalue weighted by molar-refractivity contribution is 6.03. The molecule has 1 saturated heterocycles. The van der Waals surface area contributed by atoms with E-state index in [0.29, 0.717) is 30.7 Å². The van der Waals surface area contributed by atoms with Gasteiger partial charge < -0.3 is 14.7 Å². The van der Waals surface area contributed by atoms with Gasteiger partial charge >= 0.3 is 0 Å². The molecule has 4 rings (SSSR count). The standard InChI is InChI=1S/C28H29F2NO3/c1-2-3-18-34-24-14-6-20(7-15-24)27-25(16-17-26(32)19-4-8-21(29)9-5-19)28(33)31(27)23-12-10-22(30)11-13-23/h4-15,25-27,32H,2-3,16-18H2,1H3/t25-,26-,27-/m1/s1. The van der Waals surface area contributed by atoms with Crippen molar-refractivity contribution in [1.82, 2.24) is 0 Å². The van der Waals surface area contributed by atoms with E-state index >= 15 is 0 Å². The third-order valence-electron chi connectivity index (χ3n) is 6.31. The minimum absolute atomic E-state index is 0.0637. The van der Waals surface area contributed by atoms with Crippen LogP contribution >= 0.6 is 0 Å². The summed E-state index contributed by atoms with van der Waals surface area (Å²) in [7, 11) is 0. The summed E-state index contributed by atoms with van der Waals surface area (Å²) in [4.78, 5) is 14.8. The molecule has 3 atom stereocenters. The predicted molar refractivity (Wildman–Crippen MR) is 128 cm³/mol.